The molecule has 1 saturated heterocycles. The van der Waals surface area contributed by atoms with Gasteiger partial charge in [0.15, 0.2) is 0 Å². The number of rotatable bonds is 4. The minimum atomic E-state index is -0.188. The van der Waals surface area contributed by atoms with Crippen LogP contribution in [0.5, 0.6) is 0 Å². The molecule has 0 spiro atoms. The highest BCUT2D eigenvalue weighted by atomic mass is 32.2. The van der Waals surface area contributed by atoms with Crippen LogP contribution in [0, 0.1) is 0 Å². The minimum absolute atomic E-state index is 0.188. The Morgan fingerprint density at radius 3 is 2.89 bits per heavy atom. The Balaban J connectivity index is 1.81. The van der Waals surface area contributed by atoms with Gasteiger partial charge in [0.2, 0.25) is 5.91 Å². The molecule has 0 N–H and O–H groups in total. The molecule has 19 heavy (non-hydrogen) atoms. The van der Waals surface area contributed by atoms with E-state index in [1.165, 1.54) is 5.56 Å². The molecule has 1 amide bonds. The fraction of sp³-hybridized carbons (Fsp3) is 0.571. The van der Waals surface area contributed by atoms with Crippen molar-refractivity contribution in [2.24, 2.45) is 0 Å². The first-order valence-electron chi connectivity index (χ1n) is 6.44. The monoisotopic (exact) mass is 280 g/mol. The van der Waals surface area contributed by atoms with Gasteiger partial charge in [0, 0.05) is 24.7 Å². The van der Waals surface area contributed by atoms with Crippen LogP contribution < -0.4 is 0 Å². The molecule has 2 rings (SSSR count). The highest BCUT2D eigenvalue weighted by Crippen LogP contribution is 2.21. The van der Waals surface area contributed by atoms with E-state index in [1.807, 2.05) is 17.0 Å². The molecular formula is C14H20N2O2S. The van der Waals surface area contributed by atoms with Crippen molar-refractivity contribution in [2.75, 3.05) is 25.5 Å². The number of aromatic nitrogens is 1. The van der Waals surface area contributed by atoms with Gasteiger partial charge in [0.05, 0.1) is 24.5 Å². The summed E-state index contributed by atoms with van der Waals surface area (Å²) in [6, 6.07) is 3.96. The Morgan fingerprint density at radius 2 is 2.21 bits per heavy atom. The van der Waals surface area contributed by atoms with Crippen molar-refractivity contribution < 1.29 is 9.53 Å². The highest BCUT2D eigenvalue weighted by molar-refractivity contribution is 7.99. The predicted octanol–water partition coefficient (Wildman–Crippen LogP) is 1.95. The van der Waals surface area contributed by atoms with Gasteiger partial charge in [-0.05, 0) is 31.5 Å². The molecule has 0 bridgehead atoms. The third kappa shape index (κ3) is 3.94. The first-order chi connectivity index (χ1) is 9.09. The van der Waals surface area contributed by atoms with Gasteiger partial charge in [0.1, 0.15) is 0 Å². The average molecular weight is 280 g/mol. The quantitative estimate of drug-likeness (QED) is 0.845. The molecule has 1 aliphatic heterocycles. The van der Waals surface area contributed by atoms with E-state index in [0.29, 0.717) is 25.5 Å². The van der Waals surface area contributed by atoms with Gasteiger partial charge in [0.25, 0.3) is 0 Å². The van der Waals surface area contributed by atoms with Gasteiger partial charge >= 0.3 is 0 Å². The fourth-order valence-electron chi connectivity index (χ4n) is 2.13. The second kappa shape index (κ2) is 6.39. The number of hydrogen-bond acceptors (Lipinski definition) is 4. The van der Waals surface area contributed by atoms with E-state index in [4.69, 9.17) is 4.74 Å². The van der Waals surface area contributed by atoms with Crippen LogP contribution in [0.4, 0.5) is 0 Å². The molecular weight excluding hydrogens is 260 g/mol. The van der Waals surface area contributed by atoms with Crippen LogP contribution in [0.15, 0.2) is 24.5 Å². The zero-order valence-electron chi connectivity index (χ0n) is 11.5. The van der Waals surface area contributed by atoms with Gasteiger partial charge in [-0.15, -0.1) is 11.8 Å². The molecule has 1 aliphatic rings. The molecule has 0 saturated carbocycles. The van der Waals surface area contributed by atoms with E-state index in [9.17, 15) is 4.79 Å². The number of ether oxygens (including phenoxy) is 1. The number of hydrogen-bond donors (Lipinski definition) is 0. The zero-order chi connectivity index (χ0) is 13.7. The van der Waals surface area contributed by atoms with Crippen molar-refractivity contribution in [3.63, 3.8) is 0 Å². The molecule has 4 nitrogen and oxygen atoms in total. The standard InChI is InChI=1S/C14H20N2O2S/c1-14(2)11-18-8-7-16(14)13(17)10-19-9-12-3-5-15-6-4-12/h3-6H,7-11H2,1-2H3. The maximum atomic E-state index is 12.2. The molecule has 0 aliphatic carbocycles. The lowest BCUT2D eigenvalue weighted by molar-refractivity contribution is -0.143. The Bertz CT molecular complexity index is 423. The molecule has 1 fully saturated rings. The molecule has 0 aromatic carbocycles. The van der Waals surface area contributed by atoms with E-state index in [-0.39, 0.29) is 11.4 Å². The number of morpholine rings is 1. The lowest BCUT2D eigenvalue weighted by Crippen LogP contribution is -2.56. The first-order valence-corrected chi connectivity index (χ1v) is 7.60. The number of carbonyl (C=O) groups excluding carboxylic acids is 1. The molecule has 5 heteroatoms. The smallest absolute Gasteiger partial charge is 0.233 e. The fourth-order valence-corrected chi connectivity index (χ4v) is 2.99. The van der Waals surface area contributed by atoms with E-state index < -0.39 is 0 Å². The third-order valence-electron chi connectivity index (χ3n) is 3.19. The van der Waals surface area contributed by atoms with E-state index in [1.54, 1.807) is 24.2 Å². The van der Waals surface area contributed by atoms with E-state index in [0.717, 1.165) is 5.75 Å². The minimum Gasteiger partial charge on any atom is -0.377 e. The van der Waals surface area contributed by atoms with Crippen LogP contribution in [-0.2, 0) is 15.3 Å². The van der Waals surface area contributed by atoms with Crippen LogP contribution >= 0.6 is 11.8 Å². The van der Waals surface area contributed by atoms with Crippen molar-refractivity contribution in [1.82, 2.24) is 9.88 Å². The Morgan fingerprint density at radius 1 is 1.47 bits per heavy atom. The molecule has 0 radical (unpaired) electrons. The number of carbonyl (C=O) groups is 1. The van der Waals surface area contributed by atoms with E-state index in [2.05, 4.69) is 18.8 Å². The zero-order valence-corrected chi connectivity index (χ0v) is 12.3. The molecule has 0 unspecified atom stereocenters. The predicted molar refractivity (Wildman–Crippen MR) is 77.0 cm³/mol. The maximum absolute atomic E-state index is 12.2. The molecule has 1 aromatic rings. The lowest BCUT2D eigenvalue weighted by atomic mass is 10.0. The summed E-state index contributed by atoms with van der Waals surface area (Å²) in [4.78, 5) is 18.2. The van der Waals surface area contributed by atoms with Crippen LogP contribution in [-0.4, -0.2) is 46.8 Å². The molecule has 0 atom stereocenters. The Hall–Kier alpha value is -1.07. The molecule has 104 valence electrons. The summed E-state index contributed by atoms with van der Waals surface area (Å²) in [6.07, 6.45) is 3.56. The van der Waals surface area contributed by atoms with Crippen LogP contribution in [0.25, 0.3) is 0 Å². The van der Waals surface area contributed by atoms with E-state index >= 15 is 0 Å². The molecule has 2 heterocycles. The summed E-state index contributed by atoms with van der Waals surface area (Å²) in [6.45, 7) is 6.06. The highest BCUT2D eigenvalue weighted by Gasteiger charge is 2.33. The third-order valence-corrected chi connectivity index (χ3v) is 4.18. The van der Waals surface area contributed by atoms with Crippen molar-refractivity contribution in [2.45, 2.75) is 25.1 Å². The van der Waals surface area contributed by atoms with Gasteiger partial charge in [-0.2, -0.15) is 0 Å². The second-order valence-corrected chi connectivity index (χ2v) is 6.24. The summed E-state index contributed by atoms with van der Waals surface area (Å²) in [5.74, 6) is 1.57. The number of amides is 1. The first kappa shape index (κ1) is 14.3. The summed E-state index contributed by atoms with van der Waals surface area (Å²) in [5.41, 5.74) is 1.01. The second-order valence-electron chi connectivity index (χ2n) is 5.26. The summed E-state index contributed by atoms with van der Waals surface area (Å²) in [5, 5.41) is 0. The average Bonchev–Trinajstić information content (AvgIpc) is 2.39. The largest absolute Gasteiger partial charge is 0.377 e. The number of thioether (sulfide) groups is 1. The van der Waals surface area contributed by atoms with Crippen LogP contribution in [0.2, 0.25) is 0 Å². The van der Waals surface area contributed by atoms with Crippen molar-refractivity contribution in [1.29, 1.82) is 0 Å². The van der Waals surface area contributed by atoms with Crippen LogP contribution in [0.3, 0.4) is 0 Å². The number of pyridine rings is 1. The topological polar surface area (TPSA) is 42.4 Å². The van der Waals surface area contributed by atoms with Gasteiger partial charge < -0.3 is 9.64 Å². The summed E-state index contributed by atoms with van der Waals surface area (Å²) >= 11 is 1.65. The molecule has 1 aromatic heterocycles. The van der Waals surface area contributed by atoms with Crippen LogP contribution in [0.1, 0.15) is 19.4 Å². The maximum Gasteiger partial charge on any atom is 0.233 e. The van der Waals surface area contributed by atoms with Gasteiger partial charge in [-0.3, -0.25) is 9.78 Å². The van der Waals surface area contributed by atoms with Gasteiger partial charge in [-0.25, -0.2) is 0 Å². The van der Waals surface area contributed by atoms with Gasteiger partial charge in [-0.1, -0.05) is 0 Å². The van der Waals surface area contributed by atoms with Crippen molar-refractivity contribution >= 4 is 17.7 Å². The summed E-state index contributed by atoms with van der Waals surface area (Å²) in [7, 11) is 0. The number of nitrogens with zero attached hydrogens (tertiary/aromatic N) is 2. The van der Waals surface area contributed by atoms with Crippen molar-refractivity contribution in [3.05, 3.63) is 30.1 Å². The normalized spacial score (nSPS) is 18.3. The Labute approximate surface area is 118 Å². The Kier molecular flexibility index (Phi) is 4.82. The SMILES string of the molecule is CC1(C)COCCN1C(=O)CSCc1ccncc1. The summed E-state index contributed by atoms with van der Waals surface area (Å²) < 4.78 is 5.43. The van der Waals surface area contributed by atoms with Crippen molar-refractivity contribution in [3.8, 4) is 0 Å². The lowest BCUT2D eigenvalue weighted by Gasteiger charge is -2.42.